The number of carbonyl (C=O) groups is 1. The minimum atomic E-state index is -2.94. The van der Waals surface area contributed by atoms with Crippen molar-refractivity contribution in [1.29, 1.82) is 0 Å². The Kier molecular flexibility index (Phi) is 4.20. The number of H-pyrrole nitrogens is 1. The number of pyridine rings is 1. The predicted molar refractivity (Wildman–Crippen MR) is 112 cm³/mol. The standard InChI is InChI=1S/C22H19F3N6O2/c23-11-6-12-13(9-27-18(12)26-8-11)19-29-20(15-2-1-5-31(15)30-19)28-17-14-4-3-10(7-22(14,24)25)16(17)21(32)33/h1-2,5-6,8-10,14,16-17H,3-4,7H2,(H,26,27)(H,32,33)(H,28,29,30)/t10-,14-,16+,17+/m0/s1. The Balaban J connectivity index is 1.47. The van der Waals surface area contributed by atoms with Crippen LogP contribution in [0.2, 0.25) is 0 Å². The summed E-state index contributed by atoms with van der Waals surface area (Å²) in [5.74, 6) is -6.73. The van der Waals surface area contributed by atoms with Crippen LogP contribution in [0.15, 0.2) is 36.8 Å². The highest BCUT2D eigenvalue weighted by molar-refractivity contribution is 5.92. The van der Waals surface area contributed by atoms with E-state index in [1.165, 1.54) is 10.6 Å². The van der Waals surface area contributed by atoms with E-state index < -0.39 is 47.9 Å². The average Bonchev–Trinajstić information content (AvgIpc) is 3.39. The molecule has 3 saturated carbocycles. The van der Waals surface area contributed by atoms with Crippen molar-refractivity contribution in [2.45, 2.75) is 31.2 Å². The van der Waals surface area contributed by atoms with Crippen LogP contribution in [0.5, 0.6) is 0 Å². The summed E-state index contributed by atoms with van der Waals surface area (Å²) < 4.78 is 44.8. The number of nitrogens with one attached hydrogen (secondary N) is 2. The van der Waals surface area contributed by atoms with Crippen molar-refractivity contribution in [3.05, 3.63) is 42.6 Å². The topological polar surface area (TPSA) is 108 Å². The molecule has 0 spiro atoms. The first-order valence-electron chi connectivity index (χ1n) is 10.7. The third-order valence-corrected chi connectivity index (χ3v) is 6.97. The summed E-state index contributed by atoms with van der Waals surface area (Å²) in [6.45, 7) is 0. The molecule has 3 aliphatic rings. The zero-order valence-corrected chi connectivity index (χ0v) is 17.2. The molecule has 3 aliphatic carbocycles. The van der Waals surface area contributed by atoms with Gasteiger partial charge in [-0.3, -0.25) is 4.79 Å². The van der Waals surface area contributed by atoms with E-state index in [1.807, 2.05) is 0 Å². The average molecular weight is 456 g/mol. The van der Waals surface area contributed by atoms with E-state index in [-0.39, 0.29) is 18.1 Å². The summed E-state index contributed by atoms with van der Waals surface area (Å²) in [7, 11) is 0. The Hall–Kier alpha value is -3.63. The lowest BCUT2D eigenvalue weighted by Gasteiger charge is -2.50. The van der Waals surface area contributed by atoms with Gasteiger partial charge in [0.15, 0.2) is 11.6 Å². The van der Waals surface area contributed by atoms with Crippen LogP contribution in [0.25, 0.3) is 27.9 Å². The lowest BCUT2D eigenvalue weighted by Crippen LogP contribution is -2.59. The van der Waals surface area contributed by atoms with Crippen molar-refractivity contribution in [1.82, 2.24) is 24.6 Å². The highest BCUT2D eigenvalue weighted by Gasteiger charge is 2.60. The van der Waals surface area contributed by atoms with Crippen LogP contribution in [0.3, 0.4) is 0 Å². The van der Waals surface area contributed by atoms with E-state index in [4.69, 9.17) is 0 Å². The van der Waals surface area contributed by atoms with E-state index in [2.05, 4.69) is 25.4 Å². The van der Waals surface area contributed by atoms with Gasteiger partial charge in [0.25, 0.3) is 5.92 Å². The predicted octanol–water partition coefficient (Wildman–Crippen LogP) is 3.96. The van der Waals surface area contributed by atoms with Gasteiger partial charge in [-0.1, -0.05) is 0 Å². The summed E-state index contributed by atoms with van der Waals surface area (Å²) >= 11 is 0. The summed E-state index contributed by atoms with van der Waals surface area (Å²) in [5.41, 5.74) is 1.46. The van der Waals surface area contributed by atoms with Gasteiger partial charge < -0.3 is 15.4 Å². The Labute approximate surface area is 184 Å². The van der Waals surface area contributed by atoms with E-state index >= 15 is 0 Å². The highest BCUT2D eigenvalue weighted by Crippen LogP contribution is 2.54. The van der Waals surface area contributed by atoms with Crippen molar-refractivity contribution in [2.24, 2.45) is 17.8 Å². The Morgan fingerprint density at radius 3 is 2.97 bits per heavy atom. The first-order valence-corrected chi connectivity index (χ1v) is 10.7. The quantitative estimate of drug-likeness (QED) is 0.429. The zero-order valence-electron chi connectivity index (χ0n) is 17.2. The largest absolute Gasteiger partial charge is 0.481 e. The number of nitrogens with zero attached hydrogens (tertiary/aromatic N) is 4. The van der Waals surface area contributed by atoms with Crippen molar-refractivity contribution in [3.63, 3.8) is 0 Å². The summed E-state index contributed by atoms with van der Waals surface area (Å²) in [6.07, 6.45) is 4.69. The number of aliphatic carboxylic acids is 1. The molecule has 11 heteroatoms. The number of fused-ring (bicyclic) bond motifs is 5. The van der Waals surface area contributed by atoms with Crippen LogP contribution in [-0.4, -0.2) is 47.6 Å². The molecule has 33 heavy (non-hydrogen) atoms. The number of rotatable bonds is 4. The fourth-order valence-electron chi connectivity index (χ4n) is 5.52. The molecular formula is C22H19F3N6O2. The maximum Gasteiger partial charge on any atom is 0.308 e. The van der Waals surface area contributed by atoms with Crippen LogP contribution >= 0.6 is 0 Å². The van der Waals surface area contributed by atoms with Gasteiger partial charge in [-0.25, -0.2) is 27.7 Å². The van der Waals surface area contributed by atoms with E-state index in [1.54, 1.807) is 24.5 Å². The number of carboxylic acids is 1. The fourth-order valence-corrected chi connectivity index (χ4v) is 5.52. The van der Waals surface area contributed by atoms with E-state index in [0.29, 0.717) is 28.5 Å². The lowest BCUT2D eigenvalue weighted by atomic mass is 9.60. The summed E-state index contributed by atoms with van der Waals surface area (Å²) in [6, 6.07) is 3.78. The molecule has 8 nitrogen and oxygen atoms in total. The first kappa shape index (κ1) is 20.0. The fraction of sp³-hybridized carbons (Fsp3) is 0.364. The smallest absolute Gasteiger partial charge is 0.308 e. The second-order valence-corrected chi connectivity index (χ2v) is 8.82. The minimum Gasteiger partial charge on any atom is -0.481 e. The molecule has 4 heterocycles. The Bertz CT molecular complexity index is 1400. The molecule has 4 atom stereocenters. The van der Waals surface area contributed by atoms with Gasteiger partial charge >= 0.3 is 5.97 Å². The molecule has 7 rings (SSSR count). The van der Waals surface area contributed by atoms with Crippen LogP contribution in [0.1, 0.15) is 19.3 Å². The van der Waals surface area contributed by atoms with Gasteiger partial charge in [0.2, 0.25) is 0 Å². The van der Waals surface area contributed by atoms with Crippen molar-refractivity contribution in [3.8, 4) is 11.4 Å². The van der Waals surface area contributed by atoms with Gasteiger partial charge in [0, 0.05) is 41.7 Å². The number of halogens is 3. The minimum absolute atomic E-state index is 0.222. The Morgan fingerprint density at radius 2 is 2.18 bits per heavy atom. The molecule has 0 radical (unpaired) electrons. The monoisotopic (exact) mass is 456 g/mol. The SMILES string of the molecule is O=C(O)[C@@H]1[C@H]2CC[C@@H]([C@H]1Nc1nc(-c3c[nH]c4ncc(F)cc34)nn3cccc13)C(F)(F)C2. The normalized spacial score (nSPS) is 26.2. The number of hydrogen-bond donors (Lipinski definition) is 3. The third kappa shape index (κ3) is 3.05. The summed E-state index contributed by atoms with van der Waals surface area (Å²) in [5, 5.41) is 17.8. The van der Waals surface area contributed by atoms with Crippen LogP contribution < -0.4 is 5.32 Å². The van der Waals surface area contributed by atoms with E-state index in [0.717, 1.165) is 6.20 Å². The molecule has 0 aliphatic heterocycles. The van der Waals surface area contributed by atoms with Crippen molar-refractivity contribution in [2.75, 3.05) is 5.32 Å². The number of alkyl halides is 2. The number of anilines is 1. The Morgan fingerprint density at radius 1 is 1.33 bits per heavy atom. The molecule has 0 amide bonds. The van der Waals surface area contributed by atoms with Gasteiger partial charge in [-0.2, -0.15) is 0 Å². The van der Waals surface area contributed by atoms with Gasteiger partial charge in [0.05, 0.1) is 12.1 Å². The summed E-state index contributed by atoms with van der Waals surface area (Å²) in [4.78, 5) is 23.6. The lowest BCUT2D eigenvalue weighted by molar-refractivity contribution is -0.175. The van der Waals surface area contributed by atoms with E-state index in [9.17, 15) is 23.1 Å². The molecule has 3 N–H and O–H groups in total. The number of carboxylic acid groups (broad SMARTS) is 1. The molecule has 4 aromatic heterocycles. The van der Waals surface area contributed by atoms with Crippen LogP contribution in [-0.2, 0) is 4.79 Å². The molecule has 0 saturated heterocycles. The van der Waals surface area contributed by atoms with Crippen molar-refractivity contribution < 1.29 is 23.1 Å². The zero-order chi connectivity index (χ0) is 22.9. The first-order chi connectivity index (χ1) is 15.8. The maximum absolute atomic E-state index is 14.7. The molecule has 0 aromatic carbocycles. The van der Waals surface area contributed by atoms with Gasteiger partial charge in [0.1, 0.15) is 17.0 Å². The number of aromatic nitrogens is 5. The third-order valence-electron chi connectivity index (χ3n) is 6.97. The maximum atomic E-state index is 14.7. The second kappa shape index (κ2) is 6.93. The highest BCUT2D eigenvalue weighted by atomic mass is 19.3. The molecule has 0 unspecified atom stereocenters. The van der Waals surface area contributed by atoms with Crippen LogP contribution in [0.4, 0.5) is 19.0 Å². The second-order valence-electron chi connectivity index (χ2n) is 8.82. The molecular weight excluding hydrogens is 437 g/mol. The molecule has 4 aromatic rings. The number of aromatic amines is 1. The van der Waals surface area contributed by atoms with Gasteiger partial charge in [-0.15, -0.1) is 5.10 Å². The molecule has 2 bridgehead atoms. The number of hydrogen-bond acceptors (Lipinski definition) is 5. The molecule has 170 valence electrons. The van der Waals surface area contributed by atoms with Crippen molar-refractivity contribution >= 4 is 28.3 Å². The molecule has 3 fully saturated rings. The van der Waals surface area contributed by atoms with Crippen LogP contribution in [0, 0.1) is 23.6 Å². The van der Waals surface area contributed by atoms with Gasteiger partial charge in [-0.05, 0) is 37.0 Å².